The van der Waals surface area contributed by atoms with Gasteiger partial charge in [0.05, 0.1) is 5.41 Å². The molecule has 1 atom stereocenters. The molecule has 0 radical (unpaired) electrons. The maximum Gasteiger partial charge on any atom is 0.312 e. The number of hydrogen-bond acceptors (Lipinski definition) is 2. The van der Waals surface area contributed by atoms with Crippen LogP contribution in [0.15, 0.2) is 30.3 Å². The highest BCUT2D eigenvalue weighted by Gasteiger charge is 2.37. The molecule has 0 aliphatic heterocycles. The van der Waals surface area contributed by atoms with Gasteiger partial charge in [0.25, 0.3) is 0 Å². The van der Waals surface area contributed by atoms with Crippen molar-refractivity contribution in [1.82, 2.24) is 0 Å². The van der Waals surface area contributed by atoms with Crippen molar-refractivity contribution in [3.63, 3.8) is 0 Å². The number of esters is 1. The Morgan fingerprint density at radius 1 is 1.20 bits per heavy atom. The molecule has 20 heavy (non-hydrogen) atoms. The summed E-state index contributed by atoms with van der Waals surface area (Å²) in [5.41, 5.74) is 0.664. The van der Waals surface area contributed by atoms with E-state index in [-0.39, 0.29) is 11.4 Å². The Morgan fingerprint density at radius 2 is 1.75 bits per heavy atom. The van der Waals surface area contributed by atoms with E-state index in [1.807, 2.05) is 51.1 Å². The normalized spacial score (nSPS) is 13.2. The van der Waals surface area contributed by atoms with Crippen LogP contribution in [0.4, 0.5) is 0 Å². The van der Waals surface area contributed by atoms with E-state index in [0.29, 0.717) is 12.5 Å². The molecular formula is C18H30O2. The van der Waals surface area contributed by atoms with Gasteiger partial charge in [0, 0.05) is 0 Å². The molecule has 0 aliphatic carbocycles. The molecule has 1 aromatic rings. The molecule has 0 aromatic heterocycles. The molecule has 1 unspecified atom stereocenters. The average molecular weight is 278 g/mol. The minimum absolute atomic E-state index is 0.0804. The smallest absolute Gasteiger partial charge is 0.312 e. The van der Waals surface area contributed by atoms with E-state index in [1.54, 1.807) is 0 Å². The number of carbonyl (C=O) groups excluding carboxylic acids is 1. The topological polar surface area (TPSA) is 26.3 Å². The zero-order valence-corrected chi connectivity index (χ0v) is 13.9. The van der Waals surface area contributed by atoms with Crippen LogP contribution in [0.25, 0.3) is 0 Å². The van der Waals surface area contributed by atoms with Crippen LogP contribution in [0.3, 0.4) is 0 Å². The minimum atomic E-state index is -0.371. The molecule has 1 aromatic carbocycles. The van der Waals surface area contributed by atoms with Gasteiger partial charge in [-0.15, -0.1) is 0 Å². The van der Waals surface area contributed by atoms with E-state index in [9.17, 15) is 4.79 Å². The van der Waals surface area contributed by atoms with Gasteiger partial charge in [-0.25, -0.2) is 0 Å². The lowest BCUT2D eigenvalue weighted by Crippen LogP contribution is -2.34. The van der Waals surface area contributed by atoms with Crippen molar-refractivity contribution in [2.45, 2.75) is 61.0 Å². The lowest BCUT2D eigenvalue weighted by atomic mass is 9.75. The van der Waals surface area contributed by atoms with Crippen LogP contribution < -0.4 is 0 Å². The molecule has 0 bridgehead atoms. The lowest BCUT2D eigenvalue weighted by molar-refractivity contribution is -0.159. The first-order valence-electron chi connectivity index (χ1n) is 7.72. The van der Waals surface area contributed by atoms with Crippen LogP contribution in [-0.2, 0) is 16.1 Å². The molecule has 1 rings (SSSR count). The summed E-state index contributed by atoms with van der Waals surface area (Å²) in [5, 5.41) is 0. The summed E-state index contributed by atoms with van der Waals surface area (Å²) in [4.78, 5) is 12.2. The molecule has 2 heteroatoms. The molecule has 114 valence electrons. The van der Waals surface area contributed by atoms with Crippen LogP contribution in [0, 0.1) is 11.3 Å². The summed E-state index contributed by atoms with van der Waals surface area (Å²) >= 11 is 0. The molecule has 2 nitrogen and oxygen atoms in total. The van der Waals surface area contributed by atoms with Gasteiger partial charge < -0.3 is 4.74 Å². The first-order chi connectivity index (χ1) is 9.50. The molecule has 0 heterocycles. The number of ether oxygens (including phenoxy) is 1. The molecule has 0 spiro atoms. The van der Waals surface area contributed by atoms with Crippen molar-refractivity contribution < 1.29 is 9.53 Å². The van der Waals surface area contributed by atoms with Crippen LogP contribution in [0.2, 0.25) is 0 Å². The Balaban J connectivity index is 0.00000172. The van der Waals surface area contributed by atoms with Crippen LogP contribution >= 0.6 is 0 Å². The average Bonchev–Trinajstić information content (AvgIpc) is 2.47. The Labute approximate surface area is 124 Å². The molecular weight excluding hydrogens is 248 g/mol. The Kier molecular flexibility index (Phi) is 8.94. The Bertz CT molecular complexity index is 370. The predicted molar refractivity (Wildman–Crippen MR) is 85.4 cm³/mol. The first kappa shape index (κ1) is 18.7. The van der Waals surface area contributed by atoms with Crippen molar-refractivity contribution in [2.75, 3.05) is 0 Å². The molecule has 0 saturated heterocycles. The number of benzene rings is 1. The summed E-state index contributed by atoms with van der Waals surface area (Å²) in [6, 6.07) is 9.81. The van der Waals surface area contributed by atoms with Gasteiger partial charge in [-0.1, -0.05) is 71.4 Å². The summed E-state index contributed by atoms with van der Waals surface area (Å²) in [6.07, 6.45) is 1.87. The number of rotatable bonds is 6. The largest absolute Gasteiger partial charge is 0.460 e. The maximum absolute atomic E-state index is 12.2. The van der Waals surface area contributed by atoms with Gasteiger partial charge in [0.15, 0.2) is 0 Å². The third-order valence-electron chi connectivity index (χ3n) is 3.72. The quantitative estimate of drug-likeness (QED) is 0.667. The van der Waals surface area contributed by atoms with Gasteiger partial charge in [0.1, 0.15) is 6.61 Å². The monoisotopic (exact) mass is 278 g/mol. The SMILES string of the molecule is CC.CCCC(C)(C(=O)OCc1ccccc1)C(C)C. The summed E-state index contributed by atoms with van der Waals surface area (Å²) in [7, 11) is 0. The summed E-state index contributed by atoms with van der Waals surface area (Å²) in [6.45, 7) is 12.6. The summed E-state index contributed by atoms with van der Waals surface area (Å²) < 4.78 is 5.47. The van der Waals surface area contributed by atoms with Crippen molar-refractivity contribution in [2.24, 2.45) is 11.3 Å². The van der Waals surface area contributed by atoms with Gasteiger partial charge in [-0.05, 0) is 24.8 Å². The van der Waals surface area contributed by atoms with E-state index >= 15 is 0 Å². The van der Waals surface area contributed by atoms with Crippen LogP contribution in [0.5, 0.6) is 0 Å². The fourth-order valence-corrected chi connectivity index (χ4v) is 2.03. The molecule has 0 saturated carbocycles. The van der Waals surface area contributed by atoms with Crippen molar-refractivity contribution in [1.29, 1.82) is 0 Å². The van der Waals surface area contributed by atoms with Crippen molar-refractivity contribution in [3.8, 4) is 0 Å². The fourth-order valence-electron chi connectivity index (χ4n) is 2.03. The van der Waals surface area contributed by atoms with Crippen molar-refractivity contribution in [3.05, 3.63) is 35.9 Å². The zero-order valence-electron chi connectivity index (χ0n) is 13.9. The maximum atomic E-state index is 12.2. The molecule has 0 aliphatic rings. The minimum Gasteiger partial charge on any atom is -0.460 e. The van der Waals surface area contributed by atoms with Gasteiger partial charge >= 0.3 is 5.97 Å². The standard InChI is InChI=1S/C16H24O2.C2H6/c1-5-11-16(4,13(2)3)15(17)18-12-14-9-7-6-8-10-14;1-2/h6-10,13H,5,11-12H2,1-4H3;1-2H3. The molecule has 0 N–H and O–H groups in total. The third-order valence-corrected chi connectivity index (χ3v) is 3.72. The first-order valence-corrected chi connectivity index (χ1v) is 7.72. The van der Waals surface area contributed by atoms with E-state index in [0.717, 1.165) is 18.4 Å². The highest BCUT2D eigenvalue weighted by Crippen LogP contribution is 2.34. The highest BCUT2D eigenvalue weighted by molar-refractivity contribution is 5.76. The third kappa shape index (κ3) is 5.36. The Morgan fingerprint density at radius 3 is 2.20 bits per heavy atom. The fraction of sp³-hybridized carbons (Fsp3) is 0.611. The lowest BCUT2D eigenvalue weighted by Gasteiger charge is -2.31. The Hall–Kier alpha value is -1.31. The second kappa shape index (κ2) is 9.57. The van der Waals surface area contributed by atoms with Crippen LogP contribution in [-0.4, -0.2) is 5.97 Å². The second-order valence-corrected chi connectivity index (χ2v) is 5.38. The predicted octanol–water partition coefficient (Wildman–Crippen LogP) is 5.22. The van der Waals surface area contributed by atoms with Crippen LogP contribution in [0.1, 0.15) is 59.9 Å². The van der Waals surface area contributed by atoms with Gasteiger partial charge in [-0.2, -0.15) is 0 Å². The van der Waals surface area contributed by atoms with Gasteiger partial charge in [-0.3, -0.25) is 4.79 Å². The molecule has 0 amide bonds. The molecule has 0 fully saturated rings. The zero-order chi connectivity index (χ0) is 15.6. The van der Waals surface area contributed by atoms with E-state index in [1.165, 1.54) is 0 Å². The second-order valence-electron chi connectivity index (χ2n) is 5.38. The highest BCUT2D eigenvalue weighted by atomic mass is 16.5. The van der Waals surface area contributed by atoms with Crippen molar-refractivity contribution >= 4 is 5.97 Å². The number of hydrogen-bond donors (Lipinski definition) is 0. The van der Waals surface area contributed by atoms with Gasteiger partial charge in [0.2, 0.25) is 0 Å². The van der Waals surface area contributed by atoms with E-state index < -0.39 is 0 Å². The number of carbonyl (C=O) groups is 1. The van der Waals surface area contributed by atoms with E-state index in [2.05, 4.69) is 20.8 Å². The van der Waals surface area contributed by atoms with E-state index in [4.69, 9.17) is 4.74 Å². The summed E-state index contributed by atoms with van der Waals surface area (Å²) in [5.74, 6) is 0.212.